The molecule has 0 saturated heterocycles. The van der Waals surface area contributed by atoms with Gasteiger partial charge in [-0.3, -0.25) is 4.55 Å². The summed E-state index contributed by atoms with van der Waals surface area (Å²) in [5.41, 5.74) is 3.35. The van der Waals surface area contributed by atoms with Crippen LogP contribution in [-0.2, 0) is 33.9 Å². The van der Waals surface area contributed by atoms with Crippen LogP contribution in [-0.4, -0.2) is 53.7 Å². The van der Waals surface area contributed by atoms with E-state index in [4.69, 9.17) is 9.29 Å². The van der Waals surface area contributed by atoms with Gasteiger partial charge in [-0.2, -0.15) is 17.2 Å². The molecule has 0 heterocycles. The fourth-order valence-electron chi connectivity index (χ4n) is 2.93. The molecular formula is C18H19B3F2O7S. The number of carbonyl (C=O) groups is 2. The highest BCUT2D eigenvalue weighted by molar-refractivity contribution is 7.87. The summed E-state index contributed by atoms with van der Waals surface area (Å²) in [5.74, 6) is -3.42. The molecule has 0 unspecified atom stereocenters. The summed E-state index contributed by atoms with van der Waals surface area (Å²) in [6.45, 7) is 0. The zero-order chi connectivity index (χ0) is 23.4. The molecule has 31 heavy (non-hydrogen) atoms. The molecule has 0 aliphatic rings. The van der Waals surface area contributed by atoms with Gasteiger partial charge in [0, 0.05) is 0 Å². The summed E-state index contributed by atoms with van der Waals surface area (Å²) >= 11 is 0. The second-order valence-corrected chi connectivity index (χ2v) is 8.05. The zero-order valence-corrected chi connectivity index (χ0v) is 18.0. The largest absolute Gasteiger partial charge is 0.466 e. The highest BCUT2D eigenvalue weighted by Gasteiger charge is 2.54. The standard InChI is InChI=1S/C18H19B3F2O7S/c19-7-10-5-11(8-20)15(9-21)14(6-10)16(24)29-12-1-3-13(4-2-12)30-17(25)18(22,23)31(26,27)28/h1-6H,7-9,19-21H2,(H,26,27,28). The maximum atomic E-state index is 13.3. The van der Waals surface area contributed by atoms with Crippen LogP contribution >= 0.6 is 0 Å². The third-order valence-electron chi connectivity index (χ3n) is 4.57. The molecule has 2 aromatic carbocycles. The van der Waals surface area contributed by atoms with Gasteiger partial charge in [0.1, 0.15) is 35.0 Å². The first-order valence-corrected chi connectivity index (χ1v) is 10.9. The average molecular weight is 450 g/mol. The number of ether oxygens (including phenoxy) is 2. The van der Waals surface area contributed by atoms with Crippen LogP contribution in [0.1, 0.15) is 27.0 Å². The Morgan fingerprint density at radius 3 is 1.94 bits per heavy atom. The normalized spacial score (nSPS) is 11.7. The van der Waals surface area contributed by atoms with Gasteiger partial charge in [0.15, 0.2) is 0 Å². The molecule has 2 rings (SSSR count). The Morgan fingerprint density at radius 1 is 0.935 bits per heavy atom. The molecule has 0 saturated carbocycles. The van der Waals surface area contributed by atoms with Gasteiger partial charge in [-0.25, -0.2) is 9.59 Å². The second kappa shape index (κ2) is 9.65. The van der Waals surface area contributed by atoms with E-state index in [1.807, 2.05) is 23.5 Å². The molecule has 0 spiro atoms. The number of hydrogen-bond acceptors (Lipinski definition) is 6. The Balaban J connectivity index is 2.21. The summed E-state index contributed by atoms with van der Waals surface area (Å²) in [6, 6.07) is 8.31. The van der Waals surface area contributed by atoms with E-state index < -0.39 is 33.1 Å². The Labute approximate surface area is 181 Å². The van der Waals surface area contributed by atoms with Gasteiger partial charge in [0.2, 0.25) is 0 Å². The first kappa shape index (κ1) is 24.6. The number of alkyl halides is 2. The van der Waals surface area contributed by atoms with Crippen molar-refractivity contribution in [3.8, 4) is 11.5 Å². The summed E-state index contributed by atoms with van der Waals surface area (Å²) < 4.78 is 65.8. The van der Waals surface area contributed by atoms with Crippen LogP contribution in [0.3, 0.4) is 0 Å². The van der Waals surface area contributed by atoms with Crippen molar-refractivity contribution in [3.63, 3.8) is 0 Å². The minimum absolute atomic E-state index is 0.0633. The Bertz CT molecular complexity index is 1090. The number of halogens is 2. The van der Waals surface area contributed by atoms with Crippen molar-refractivity contribution in [2.75, 3.05) is 0 Å². The van der Waals surface area contributed by atoms with E-state index in [-0.39, 0.29) is 5.75 Å². The smallest absolute Gasteiger partial charge is 0.423 e. The van der Waals surface area contributed by atoms with Crippen LogP contribution < -0.4 is 9.47 Å². The van der Waals surface area contributed by atoms with E-state index in [0.717, 1.165) is 41.5 Å². The molecule has 0 bridgehead atoms. The molecule has 13 heteroatoms. The van der Waals surface area contributed by atoms with Crippen LogP contribution in [0.4, 0.5) is 8.78 Å². The summed E-state index contributed by atoms with van der Waals surface area (Å²) in [5, 5.41) is -5.12. The lowest BCUT2D eigenvalue weighted by Crippen LogP contribution is -2.40. The molecule has 1 N–H and O–H groups in total. The van der Waals surface area contributed by atoms with E-state index in [1.165, 1.54) is 12.1 Å². The highest BCUT2D eigenvalue weighted by Crippen LogP contribution is 2.26. The predicted octanol–water partition coefficient (Wildman–Crippen LogP) is -0.309. The number of carbonyl (C=O) groups excluding carboxylic acids is 2. The van der Waals surface area contributed by atoms with Crippen LogP contribution in [0.2, 0.25) is 0 Å². The number of benzene rings is 2. The molecular weight excluding hydrogens is 431 g/mol. The van der Waals surface area contributed by atoms with Crippen LogP contribution in [0.5, 0.6) is 11.5 Å². The lowest BCUT2D eigenvalue weighted by Gasteiger charge is -2.15. The van der Waals surface area contributed by atoms with Crippen LogP contribution in [0.25, 0.3) is 0 Å². The highest BCUT2D eigenvalue weighted by atomic mass is 32.2. The van der Waals surface area contributed by atoms with Gasteiger partial charge in [-0.15, -0.1) is 0 Å². The maximum Gasteiger partial charge on any atom is 0.466 e. The topological polar surface area (TPSA) is 107 Å². The molecule has 0 atom stereocenters. The molecule has 0 aliphatic heterocycles. The lowest BCUT2D eigenvalue weighted by atomic mass is 9.81. The van der Waals surface area contributed by atoms with Gasteiger partial charge in [0.05, 0.1) is 5.56 Å². The maximum absolute atomic E-state index is 13.3. The van der Waals surface area contributed by atoms with E-state index in [2.05, 4.69) is 10.8 Å². The Hall–Kier alpha value is -2.66. The van der Waals surface area contributed by atoms with E-state index in [0.29, 0.717) is 11.9 Å². The molecule has 162 valence electrons. The minimum atomic E-state index is -5.97. The molecule has 0 radical (unpaired) electrons. The minimum Gasteiger partial charge on any atom is -0.423 e. The Morgan fingerprint density at radius 2 is 1.48 bits per heavy atom. The zero-order valence-electron chi connectivity index (χ0n) is 17.1. The number of esters is 2. The van der Waals surface area contributed by atoms with Gasteiger partial charge in [-0.05, 0) is 35.9 Å². The summed E-state index contributed by atoms with van der Waals surface area (Å²) in [6.07, 6.45) is 2.13. The third-order valence-corrected chi connectivity index (χ3v) is 5.39. The summed E-state index contributed by atoms with van der Waals surface area (Å²) in [7, 11) is -0.0710. The van der Waals surface area contributed by atoms with Gasteiger partial charge in [-0.1, -0.05) is 36.2 Å². The molecule has 7 nitrogen and oxygen atoms in total. The molecule has 0 fully saturated rings. The SMILES string of the molecule is BCc1cc(CB)c(CB)c(C(=O)Oc2ccc(OC(=O)C(F)(F)S(=O)(=O)O)cc2)c1. The quantitative estimate of drug-likeness (QED) is 0.255. The average Bonchev–Trinajstić information content (AvgIpc) is 2.72. The van der Waals surface area contributed by atoms with Crippen molar-refractivity contribution in [2.45, 2.75) is 24.2 Å². The van der Waals surface area contributed by atoms with Crippen LogP contribution in [0, 0.1) is 0 Å². The van der Waals surface area contributed by atoms with Crippen LogP contribution in [0.15, 0.2) is 36.4 Å². The lowest BCUT2D eigenvalue weighted by molar-refractivity contribution is -0.151. The van der Waals surface area contributed by atoms with Crippen molar-refractivity contribution >= 4 is 45.6 Å². The molecule has 2 aromatic rings. The van der Waals surface area contributed by atoms with Crippen molar-refractivity contribution in [1.82, 2.24) is 0 Å². The predicted molar refractivity (Wildman–Crippen MR) is 117 cm³/mol. The molecule has 0 aliphatic carbocycles. The van der Waals surface area contributed by atoms with Gasteiger partial charge in [0.25, 0.3) is 0 Å². The molecule has 0 amide bonds. The van der Waals surface area contributed by atoms with Crippen molar-refractivity contribution in [3.05, 3.63) is 58.7 Å². The van der Waals surface area contributed by atoms with E-state index >= 15 is 0 Å². The first-order valence-electron chi connectivity index (χ1n) is 9.48. The number of hydrogen-bond donors (Lipinski definition) is 1. The second-order valence-electron chi connectivity index (χ2n) is 6.58. The van der Waals surface area contributed by atoms with Crippen molar-refractivity contribution in [1.29, 1.82) is 0 Å². The van der Waals surface area contributed by atoms with Crippen molar-refractivity contribution < 1.29 is 40.8 Å². The fourth-order valence-corrected chi connectivity index (χ4v) is 3.18. The number of rotatable bonds is 8. The Kier molecular flexibility index (Phi) is 7.66. The van der Waals surface area contributed by atoms with E-state index in [9.17, 15) is 26.8 Å². The third kappa shape index (κ3) is 5.53. The molecule has 0 aromatic heterocycles. The fraction of sp³-hybridized carbons (Fsp3) is 0.222. The van der Waals surface area contributed by atoms with Gasteiger partial charge < -0.3 is 9.47 Å². The summed E-state index contributed by atoms with van der Waals surface area (Å²) in [4.78, 5) is 24.1. The van der Waals surface area contributed by atoms with Crippen molar-refractivity contribution in [2.24, 2.45) is 0 Å². The van der Waals surface area contributed by atoms with E-state index in [1.54, 1.807) is 6.07 Å². The first-order chi connectivity index (χ1) is 14.4. The van der Waals surface area contributed by atoms with Gasteiger partial charge >= 0.3 is 27.3 Å². The monoisotopic (exact) mass is 450 g/mol.